The lowest BCUT2D eigenvalue weighted by molar-refractivity contribution is 0.247. The molecule has 2 rings (SSSR count). The standard InChI is InChI=1S/C16H19BrN2O2/c1-9-7-13(17)8-10(2)15(9)19-16(20)18-12(4)14-6-5-11(3)21-14/h5-8,12H,1-4H3,(H2,18,19,20). The molecule has 0 radical (unpaired) electrons. The Morgan fingerprint density at radius 1 is 1.19 bits per heavy atom. The van der Waals surface area contributed by atoms with E-state index in [9.17, 15) is 4.79 Å². The maximum absolute atomic E-state index is 12.1. The molecule has 0 fully saturated rings. The largest absolute Gasteiger partial charge is 0.464 e. The van der Waals surface area contributed by atoms with Crippen LogP contribution in [0.25, 0.3) is 0 Å². The van der Waals surface area contributed by atoms with Crippen LogP contribution in [0.5, 0.6) is 0 Å². The van der Waals surface area contributed by atoms with Crippen LogP contribution in [-0.4, -0.2) is 6.03 Å². The summed E-state index contributed by atoms with van der Waals surface area (Å²) in [7, 11) is 0. The molecule has 2 amide bonds. The molecular weight excluding hydrogens is 332 g/mol. The van der Waals surface area contributed by atoms with Crippen molar-refractivity contribution in [1.29, 1.82) is 0 Å². The van der Waals surface area contributed by atoms with Crippen molar-refractivity contribution in [3.05, 3.63) is 51.4 Å². The second-order valence-electron chi connectivity index (χ2n) is 5.18. The molecule has 1 heterocycles. The van der Waals surface area contributed by atoms with E-state index in [1.165, 1.54) is 0 Å². The monoisotopic (exact) mass is 350 g/mol. The Kier molecular flexibility index (Phi) is 4.73. The molecule has 0 aliphatic rings. The lowest BCUT2D eigenvalue weighted by atomic mass is 10.1. The summed E-state index contributed by atoms with van der Waals surface area (Å²) in [6.07, 6.45) is 0. The van der Waals surface area contributed by atoms with E-state index < -0.39 is 0 Å². The van der Waals surface area contributed by atoms with Crippen LogP contribution in [-0.2, 0) is 0 Å². The summed E-state index contributed by atoms with van der Waals surface area (Å²) in [5, 5.41) is 5.77. The minimum Gasteiger partial charge on any atom is -0.464 e. The van der Waals surface area contributed by atoms with E-state index in [0.717, 1.165) is 32.8 Å². The molecule has 0 saturated carbocycles. The smallest absolute Gasteiger partial charge is 0.319 e. The van der Waals surface area contributed by atoms with E-state index in [2.05, 4.69) is 26.6 Å². The highest BCUT2D eigenvalue weighted by Gasteiger charge is 2.14. The molecule has 5 heteroatoms. The van der Waals surface area contributed by atoms with Gasteiger partial charge < -0.3 is 15.1 Å². The number of aryl methyl sites for hydroxylation is 3. The van der Waals surface area contributed by atoms with Gasteiger partial charge in [-0.15, -0.1) is 0 Å². The first kappa shape index (κ1) is 15.6. The fraction of sp³-hybridized carbons (Fsp3) is 0.312. The van der Waals surface area contributed by atoms with Gasteiger partial charge in [0.15, 0.2) is 0 Å². The minimum atomic E-state index is -0.245. The number of carbonyl (C=O) groups is 1. The highest BCUT2D eigenvalue weighted by Crippen LogP contribution is 2.25. The van der Waals surface area contributed by atoms with Gasteiger partial charge in [-0.25, -0.2) is 4.79 Å². The quantitative estimate of drug-likeness (QED) is 0.831. The number of urea groups is 1. The molecule has 4 nitrogen and oxygen atoms in total. The predicted octanol–water partition coefficient (Wildman–Crippen LogP) is 4.85. The fourth-order valence-electron chi connectivity index (χ4n) is 2.21. The zero-order valence-corrected chi connectivity index (χ0v) is 14.2. The molecule has 2 N–H and O–H groups in total. The average Bonchev–Trinajstić information content (AvgIpc) is 2.80. The average molecular weight is 351 g/mol. The first-order valence-corrected chi connectivity index (χ1v) is 7.56. The first-order valence-electron chi connectivity index (χ1n) is 6.77. The third kappa shape index (κ3) is 3.88. The van der Waals surface area contributed by atoms with Crippen LogP contribution in [0.1, 0.15) is 35.6 Å². The van der Waals surface area contributed by atoms with Crippen LogP contribution in [0, 0.1) is 20.8 Å². The zero-order valence-electron chi connectivity index (χ0n) is 12.6. The number of halogens is 1. The van der Waals surface area contributed by atoms with Gasteiger partial charge in [0.05, 0.1) is 6.04 Å². The van der Waals surface area contributed by atoms with Crippen LogP contribution >= 0.6 is 15.9 Å². The summed E-state index contributed by atoms with van der Waals surface area (Å²) in [6.45, 7) is 7.70. The van der Waals surface area contributed by atoms with Crippen molar-refractivity contribution in [2.24, 2.45) is 0 Å². The van der Waals surface area contributed by atoms with Crippen molar-refractivity contribution >= 4 is 27.6 Å². The van der Waals surface area contributed by atoms with Crippen molar-refractivity contribution in [2.75, 3.05) is 5.32 Å². The minimum absolute atomic E-state index is 0.185. The molecule has 1 aromatic carbocycles. The summed E-state index contributed by atoms with van der Waals surface area (Å²) in [6, 6.07) is 7.27. The van der Waals surface area contributed by atoms with Gasteiger partial charge in [0, 0.05) is 10.2 Å². The van der Waals surface area contributed by atoms with Crippen LogP contribution in [0.15, 0.2) is 33.2 Å². The zero-order chi connectivity index (χ0) is 15.6. The van der Waals surface area contributed by atoms with E-state index in [1.54, 1.807) is 0 Å². The van der Waals surface area contributed by atoms with E-state index in [1.807, 2.05) is 52.0 Å². The van der Waals surface area contributed by atoms with Crippen molar-refractivity contribution in [1.82, 2.24) is 5.32 Å². The molecule has 2 aromatic rings. The molecule has 0 aliphatic carbocycles. The van der Waals surface area contributed by atoms with Crippen molar-refractivity contribution in [3.8, 4) is 0 Å². The Labute approximate surface area is 133 Å². The lowest BCUT2D eigenvalue weighted by Gasteiger charge is -2.16. The molecule has 0 saturated heterocycles. The maximum atomic E-state index is 12.1. The molecule has 0 bridgehead atoms. The topological polar surface area (TPSA) is 54.3 Å². The molecule has 112 valence electrons. The molecule has 21 heavy (non-hydrogen) atoms. The van der Waals surface area contributed by atoms with Gasteiger partial charge in [-0.1, -0.05) is 15.9 Å². The SMILES string of the molecule is Cc1ccc(C(C)NC(=O)Nc2c(C)cc(Br)cc2C)o1. The third-order valence-corrected chi connectivity index (χ3v) is 3.73. The van der Waals surface area contributed by atoms with Gasteiger partial charge in [0.1, 0.15) is 11.5 Å². The van der Waals surface area contributed by atoms with Gasteiger partial charge >= 0.3 is 6.03 Å². The number of nitrogens with one attached hydrogen (secondary N) is 2. The number of furan rings is 1. The number of rotatable bonds is 3. The molecule has 0 aliphatic heterocycles. The van der Waals surface area contributed by atoms with E-state index in [-0.39, 0.29) is 12.1 Å². The maximum Gasteiger partial charge on any atom is 0.319 e. The van der Waals surface area contributed by atoms with Gasteiger partial charge in [0.25, 0.3) is 0 Å². The van der Waals surface area contributed by atoms with Crippen LogP contribution < -0.4 is 10.6 Å². The Morgan fingerprint density at radius 2 is 1.81 bits per heavy atom. The summed E-state index contributed by atoms with van der Waals surface area (Å²) in [5.41, 5.74) is 2.86. The van der Waals surface area contributed by atoms with Crippen LogP contribution in [0.2, 0.25) is 0 Å². The molecule has 0 spiro atoms. The third-order valence-electron chi connectivity index (χ3n) is 3.27. The number of amides is 2. The molecular formula is C16H19BrN2O2. The second kappa shape index (κ2) is 6.35. The normalized spacial score (nSPS) is 12.0. The summed E-state index contributed by atoms with van der Waals surface area (Å²) in [5.74, 6) is 1.57. The number of carbonyl (C=O) groups excluding carboxylic acids is 1. The summed E-state index contributed by atoms with van der Waals surface area (Å²) in [4.78, 5) is 12.1. The van der Waals surface area contributed by atoms with E-state index in [0.29, 0.717) is 0 Å². The van der Waals surface area contributed by atoms with Crippen molar-refractivity contribution in [3.63, 3.8) is 0 Å². The Morgan fingerprint density at radius 3 is 2.33 bits per heavy atom. The van der Waals surface area contributed by atoms with Crippen molar-refractivity contribution in [2.45, 2.75) is 33.7 Å². The van der Waals surface area contributed by atoms with E-state index >= 15 is 0 Å². The highest BCUT2D eigenvalue weighted by molar-refractivity contribution is 9.10. The van der Waals surface area contributed by atoms with Crippen LogP contribution in [0.3, 0.4) is 0 Å². The van der Waals surface area contributed by atoms with Crippen LogP contribution in [0.4, 0.5) is 10.5 Å². The van der Waals surface area contributed by atoms with Crippen molar-refractivity contribution < 1.29 is 9.21 Å². The number of hydrogen-bond donors (Lipinski definition) is 2. The van der Waals surface area contributed by atoms with Gasteiger partial charge in [-0.3, -0.25) is 0 Å². The predicted molar refractivity (Wildman–Crippen MR) is 87.6 cm³/mol. The lowest BCUT2D eigenvalue weighted by Crippen LogP contribution is -2.31. The first-order chi connectivity index (χ1) is 9.86. The van der Waals surface area contributed by atoms with Gasteiger partial charge in [0.2, 0.25) is 0 Å². The summed E-state index contributed by atoms with van der Waals surface area (Å²) >= 11 is 3.45. The fourth-order valence-corrected chi connectivity index (χ4v) is 2.90. The molecule has 1 atom stereocenters. The highest BCUT2D eigenvalue weighted by atomic mass is 79.9. The Hall–Kier alpha value is -1.75. The van der Waals surface area contributed by atoms with Gasteiger partial charge in [-0.05, 0) is 63.1 Å². The number of anilines is 1. The van der Waals surface area contributed by atoms with Gasteiger partial charge in [-0.2, -0.15) is 0 Å². The number of benzene rings is 1. The van der Waals surface area contributed by atoms with E-state index in [4.69, 9.17) is 4.42 Å². The Bertz CT molecular complexity index is 641. The summed E-state index contributed by atoms with van der Waals surface area (Å²) < 4.78 is 6.51. The molecule has 1 unspecified atom stereocenters. The molecule has 1 aromatic heterocycles. The second-order valence-corrected chi connectivity index (χ2v) is 6.10. The number of hydrogen-bond acceptors (Lipinski definition) is 2. The Balaban J connectivity index is 2.05.